The highest BCUT2D eigenvalue weighted by Gasteiger charge is 2.32. The molecular weight excluding hydrogens is 262 g/mol. The quantitative estimate of drug-likeness (QED) is 0.800. The first kappa shape index (κ1) is 14.2. The van der Waals surface area contributed by atoms with Gasteiger partial charge in [-0.05, 0) is 30.9 Å². The average Bonchev–Trinajstić information content (AvgIpc) is 3.18. The van der Waals surface area contributed by atoms with Crippen LogP contribution < -0.4 is 4.74 Å². The van der Waals surface area contributed by atoms with Crippen LogP contribution in [0.1, 0.15) is 26.7 Å². The van der Waals surface area contributed by atoms with E-state index in [1.807, 2.05) is 17.0 Å². The molecule has 0 atom stereocenters. The number of hydrogen-bond acceptors (Lipinski definition) is 2. The fourth-order valence-electron chi connectivity index (χ4n) is 2.02. The van der Waals surface area contributed by atoms with Crippen molar-refractivity contribution >= 4 is 17.5 Å². The summed E-state index contributed by atoms with van der Waals surface area (Å²) < 4.78 is 5.52. The van der Waals surface area contributed by atoms with Gasteiger partial charge in [0.05, 0.1) is 5.02 Å². The Morgan fingerprint density at radius 3 is 2.68 bits per heavy atom. The zero-order valence-electron chi connectivity index (χ0n) is 11.4. The number of amides is 1. The average molecular weight is 282 g/mol. The Labute approximate surface area is 119 Å². The van der Waals surface area contributed by atoms with E-state index in [0.29, 0.717) is 22.7 Å². The van der Waals surface area contributed by atoms with Crippen LogP contribution in [0, 0.1) is 5.92 Å². The van der Waals surface area contributed by atoms with Crippen LogP contribution in [0.25, 0.3) is 0 Å². The Bertz CT molecular complexity index is 444. The molecule has 1 aromatic rings. The molecule has 0 aromatic heterocycles. The van der Waals surface area contributed by atoms with Crippen molar-refractivity contribution in [2.24, 2.45) is 5.92 Å². The molecule has 0 bridgehead atoms. The summed E-state index contributed by atoms with van der Waals surface area (Å²) in [6.07, 6.45) is 2.23. The van der Waals surface area contributed by atoms with E-state index in [4.69, 9.17) is 16.3 Å². The number of benzene rings is 1. The third-order valence-electron chi connectivity index (χ3n) is 3.06. The first-order chi connectivity index (χ1) is 9.08. The van der Waals surface area contributed by atoms with Gasteiger partial charge in [-0.1, -0.05) is 37.6 Å². The maximum Gasteiger partial charge on any atom is 0.260 e. The van der Waals surface area contributed by atoms with Crippen LogP contribution >= 0.6 is 11.6 Å². The van der Waals surface area contributed by atoms with Crippen LogP contribution in [-0.2, 0) is 4.79 Å². The summed E-state index contributed by atoms with van der Waals surface area (Å²) in [5.41, 5.74) is 0. The zero-order valence-corrected chi connectivity index (χ0v) is 12.2. The van der Waals surface area contributed by atoms with Crippen molar-refractivity contribution in [3.05, 3.63) is 29.3 Å². The van der Waals surface area contributed by atoms with E-state index < -0.39 is 0 Å². The molecule has 19 heavy (non-hydrogen) atoms. The Balaban J connectivity index is 1.90. The molecule has 1 amide bonds. The van der Waals surface area contributed by atoms with Crippen LogP contribution in [0.3, 0.4) is 0 Å². The van der Waals surface area contributed by atoms with Crippen molar-refractivity contribution in [3.63, 3.8) is 0 Å². The Hall–Kier alpha value is -1.22. The van der Waals surface area contributed by atoms with Crippen molar-refractivity contribution in [2.75, 3.05) is 13.2 Å². The molecule has 2 rings (SSSR count). The van der Waals surface area contributed by atoms with Gasteiger partial charge in [0.2, 0.25) is 0 Å². The lowest BCUT2D eigenvalue weighted by molar-refractivity contribution is -0.134. The fourth-order valence-corrected chi connectivity index (χ4v) is 2.21. The van der Waals surface area contributed by atoms with E-state index in [2.05, 4.69) is 13.8 Å². The number of rotatable bonds is 6. The highest BCUT2D eigenvalue weighted by atomic mass is 35.5. The molecule has 0 N–H and O–H groups in total. The van der Waals surface area contributed by atoms with E-state index in [-0.39, 0.29) is 12.5 Å². The Morgan fingerprint density at radius 2 is 2.11 bits per heavy atom. The largest absolute Gasteiger partial charge is 0.482 e. The van der Waals surface area contributed by atoms with Gasteiger partial charge in [0.1, 0.15) is 5.75 Å². The normalized spacial score (nSPS) is 14.5. The molecule has 1 fully saturated rings. The van der Waals surface area contributed by atoms with Crippen molar-refractivity contribution in [1.82, 2.24) is 4.90 Å². The van der Waals surface area contributed by atoms with E-state index >= 15 is 0 Å². The molecule has 3 nitrogen and oxygen atoms in total. The summed E-state index contributed by atoms with van der Waals surface area (Å²) >= 11 is 6.00. The van der Waals surface area contributed by atoms with E-state index in [1.54, 1.807) is 12.1 Å². The molecule has 0 spiro atoms. The molecule has 0 heterocycles. The predicted molar refractivity (Wildman–Crippen MR) is 76.5 cm³/mol. The first-order valence-corrected chi connectivity index (χ1v) is 7.12. The minimum Gasteiger partial charge on any atom is -0.482 e. The number of hydrogen-bond donors (Lipinski definition) is 0. The molecule has 0 unspecified atom stereocenters. The standard InChI is InChI=1S/C15H20ClNO2/c1-11(2)9-17(12-7-8-12)15(18)10-19-14-6-4-3-5-13(14)16/h3-6,11-12H,7-10H2,1-2H3. The smallest absolute Gasteiger partial charge is 0.260 e. The third kappa shape index (κ3) is 4.13. The molecular formula is C15H20ClNO2. The highest BCUT2D eigenvalue weighted by molar-refractivity contribution is 6.32. The molecule has 0 saturated heterocycles. The van der Waals surface area contributed by atoms with Gasteiger partial charge < -0.3 is 9.64 Å². The molecule has 1 aliphatic carbocycles. The van der Waals surface area contributed by atoms with Gasteiger partial charge in [0, 0.05) is 12.6 Å². The summed E-state index contributed by atoms with van der Waals surface area (Å²) in [6, 6.07) is 7.64. The topological polar surface area (TPSA) is 29.5 Å². The van der Waals surface area contributed by atoms with Crippen LogP contribution in [0.15, 0.2) is 24.3 Å². The van der Waals surface area contributed by atoms with E-state index in [0.717, 1.165) is 19.4 Å². The summed E-state index contributed by atoms with van der Waals surface area (Å²) in [4.78, 5) is 14.1. The SMILES string of the molecule is CC(C)CN(C(=O)COc1ccccc1Cl)C1CC1. The lowest BCUT2D eigenvalue weighted by atomic mass is 10.2. The second-order valence-electron chi connectivity index (χ2n) is 5.39. The summed E-state index contributed by atoms with van der Waals surface area (Å²) in [5, 5.41) is 0.539. The van der Waals surface area contributed by atoms with Crippen molar-refractivity contribution < 1.29 is 9.53 Å². The lowest BCUT2D eigenvalue weighted by Crippen LogP contribution is -2.39. The molecule has 1 saturated carbocycles. The second-order valence-corrected chi connectivity index (χ2v) is 5.80. The number of nitrogens with zero attached hydrogens (tertiary/aromatic N) is 1. The number of ether oxygens (including phenoxy) is 1. The van der Waals surface area contributed by atoms with Crippen molar-refractivity contribution in [1.29, 1.82) is 0 Å². The highest BCUT2D eigenvalue weighted by Crippen LogP contribution is 2.28. The maximum atomic E-state index is 12.2. The van der Waals surface area contributed by atoms with Gasteiger partial charge in [0.25, 0.3) is 5.91 Å². The number of carbonyl (C=O) groups is 1. The molecule has 4 heteroatoms. The van der Waals surface area contributed by atoms with Gasteiger partial charge in [-0.3, -0.25) is 4.79 Å². The number of halogens is 1. The van der Waals surface area contributed by atoms with Gasteiger partial charge in [-0.15, -0.1) is 0 Å². The monoisotopic (exact) mass is 281 g/mol. The van der Waals surface area contributed by atoms with E-state index in [9.17, 15) is 4.79 Å². The zero-order chi connectivity index (χ0) is 13.8. The van der Waals surface area contributed by atoms with Gasteiger partial charge in [-0.25, -0.2) is 0 Å². The van der Waals surface area contributed by atoms with Gasteiger partial charge >= 0.3 is 0 Å². The Morgan fingerprint density at radius 1 is 1.42 bits per heavy atom. The summed E-state index contributed by atoms with van der Waals surface area (Å²) in [7, 11) is 0. The molecule has 0 aliphatic heterocycles. The van der Waals surface area contributed by atoms with Gasteiger partial charge in [0.15, 0.2) is 6.61 Å². The molecule has 0 radical (unpaired) electrons. The fraction of sp³-hybridized carbons (Fsp3) is 0.533. The van der Waals surface area contributed by atoms with Crippen LogP contribution in [0.4, 0.5) is 0 Å². The number of carbonyl (C=O) groups excluding carboxylic acids is 1. The van der Waals surface area contributed by atoms with Crippen LogP contribution in [0.2, 0.25) is 5.02 Å². The second kappa shape index (κ2) is 6.29. The summed E-state index contributed by atoms with van der Waals surface area (Å²) in [6.45, 7) is 5.11. The van der Waals surface area contributed by atoms with Crippen LogP contribution in [-0.4, -0.2) is 30.0 Å². The minimum atomic E-state index is 0.0520. The molecule has 104 valence electrons. The van der Waals surface area contributed by atoms with Crippen molar-refractivity contribution in [3.8, 4) is 5.75 Å². The minimum absolute atomic E-state index is 0.0520. The Kier molecular flexibility index (Phi) is 4.70. The molecule has 1 aliphatic rings. The van der Waals surface area contributed by atoms with E-state index in [1.165, 1.54) is 0 Å². The van der Waals surface area contributed by atoms with Gasteiger partial charge in [-0.2, -0.15) is 0 Å². The van der Waals surface area contributed by atoms with Crippen LogP contribution in [0.5, 0.6) is 5.75 Å². The predicted octanol–water partition coefficient (Wildman–Crippen LogP) is 3.37. The molecule has 1 aromatic carbocycles. The summed E-state index contributed by atoms with van der Waals surface area (Å²) in [5.74, 6) is 1.10. The lowest BCUT2D eigenvalue weighted by Gasteiger charge is -2.24. The maximum absolute atomic E-state index is 12.2. The van der Waals surface area contributed by atoms with Crippen molar-refractivity contribution in [2.45, 2.75) is 32.7 Å². The number of para-hydroxylation sites is 1. The third-order valence-corrected chi connectivity index (χ3v) is 3.37. The first-order valence-electron chi connectivity index (χ1n) is 6.74.